The highest BCUT2D eigenvalue weighted by Crippen LogP contribution is 2.30. The lowest BCUT2D eigenvalue weighted by Crippen LogP contribution is -2.50. The molecule has 0 saturated carbocycles. The molecule has 0 unspecified atom stereocenters. The lowest BCUT2D eigenvalue weighted by Gasteiger charge is -2.34. The molecule has 160 valence electrons. The van der Waals surface area contributed by atoms with Crippen molar-refractivity contribution in [2.75, 3.05) is 26.2 Å². The van der Waals surface area contributed by atoms with E-state index in [-0.39, 0.29) is 17.4 Å². The fraction of sp³-hybridized carbons (Fsp3) is 0.391. The highest BCUT2D eigenvalue weighted by atomic mass is 32.1. The second-order valence-corrected chi connectivity index (χ2v) is 9.27. The van der Waals surface area contributed by atoms with Crippen molar-refractivity contribution in [3.63, 3.8) is 0 Å². The lowest BCUT2D eigenvalue weighted by atomic mass is 10.1. The van der Waals surface area contributed by atoms with Gasteiger partial charge in [0.2, 0.25) is 0 Å². The summed E-state index contributed by atoms with van der Waals surface area (Å²) < 4.78 is 1.74. The minimum atomic E-state index is -0.0764. The van der Waals surface area contributed by atoms with Gasteiger partial charge in [0.25, 0.3) is 17.4 Å². The van der Waals surface area contributed by atoms with Crippen LogP contribution in [0.15, 0.2) is 29.1 Å². The van der Waals surface area contributed by atoms with Gasteiger partial charge in [-0.3, -0.25) is 19.0 Å². The second-order valence-electron chi connectivity index (χ2n) is 8.28. The van der Waals surface area contributed by atoms with Gasteiger partial charge in [-0.15, -0.1) is 11.3 Å². The van der Waals surface area contributed by atoms with E-state index in [9.17, 15) is 14.4 Å². The molecule has 5 rings (SSSR count). The van der Waals surface area contributed by atoms with Gasteiger partial charge >= 0.3 is 0 Å². The third-order valence-electron chi connectivity index (χ3n) is 6.26. The number of thiophene rings is 1. The predicted octanol–water partition coefficient (Wildman–Crippen LogP) is 2.62. The third-order valence-corrected chi connectivity index (χ3v) is 7.43. The van der Waals surface area contributed by atoms with Gasteiger partial charge in [-0.25, -0.2) is 4.98 Å². The van der Waals surface area contributed by atoms with Crippen LogP contribution >= 0.6 is 11.3 Å². The number of benzene rings is 1. The number of nitrogens with zero attached hydrogens (tertiary/aromatic N) is 4. The number of aryl methyl sites for hydroxylation is 3. The van der Waals surface area contributed by atoms with Crippen molar-refractivity contribution in [3.05, 3.63) is 62.0 Å². The van der Waals surface area contributed by atoms with E-state index in [0.29, 0.717) is 53.4 Å². The second kappa shape index (κ2) is 7.60. The van der Waals surface area contributed by atoms with E-state index in [1.807, 2.05) is 38.1 Å². The van der Waals surface area contributed by atoms with Crippen LogP contribution in [0.4, 0.5) is 0 Å². The smallest absolute Gasteiger partial charge is 0.264 e. The molecule has 2 aromatic heterocycles. The summed E-state index contributed by atoms with van der Waals surface area (Å²) in [6.45, 7) is 6.49. The first kappa shape index (κ1) is 19.9. The molecule has 3 aromatic rings. The van der Waals surface area contributed by atoms with E-state index in [1.54, 1.807) is 14.4 Å². The molecule has 0 spiro atoms. The number of amides is 2. The van der Waals surface area contributed by atoms with Gasteiger partial charge in [0.1, 0.15) is 10.7 Å². The number of hydrogen-bond donors (Lipinski definition) is 0. The lowest BCUT2D eigenvalue weighted by molar-refractivity contribution is 0.0538. The first-order valence-corrected chi connectivity index (χ1v) is 11.4. The van der Waals surface area contributed by atoms with Crippen LogP contribution in [0.3, 0.4) is 0 Å². The summed E-state index contributed by atoms with van der Waals surface area (Å²) in [6, 6.07) is 7.56. The Bertz CT molecular complexity index is 1250. The summed E-state index contributed by atoms with van der Waals surface area (Å²) in [5.41, 5.74) is 2.48. The molecule has 2 aliphatic heterocycles. The Kier molecular flexibility index (Phi) is 4.89. The van der Waals surface area contributed by atoms with E-state index >= 15 is 0 Å². The summed E-state index contributed by atoms with van der Waals surface area (Å²) in [5.74, 6) is 0.741. The average molecular weight is 437 g/mol. The minimum absolute atomic E-state index is 0.00289. The van der Waals surface area contributed by atoms with Crippen LogP contribution in [0, 0.1) is 13.8 Å². The van der Waals surface area contributed by atoms with Crippen molar-refractivity contribution in [1.29, 1.82) is 0 Å². The van der Waals surface area contributed by atoms with E-state index in [2.05, 4.69) is 4.98 Å². The van der Waals surface area contributed by atoms with Crippen LogP contribution in [0.1, 0.15) is 43.4 Å². The Labute approximate surface area is 183 Å². The molecule has 0 atom stereocenters. The molecule has 0 bridgehead atoms. The summed E-state index contributed by atoms with van der Waals surface area (Å²) in [6.07, 6.45) is 1.75. The zero-order chi connectivity index (χ0) is 21.7. The first-order valence-electron chi connectivity index (χ1n) is 10.6. The Morgan fingerprint density at radius 2 is 1.58 bits per heavy atom. The highest BCUT2D eigenvalue weighted by Gasteiger charge is 2.29. The van der Waals surface area contributed by atoms with Crippen LogP contribution in [0.2, 0.25) is 0 Å². The molecule has 2 amide bonds. The van der Waals surface area contributed by atoms with Crippen LogP contribution in [0.25, 0.3) is 10.2 Å². The molecule has 1 aromatic carbocycles. The quantitative estimate of drug-likeness (QED) is 0.619. The zero-order valence-corrected chi connectivity index (χ0v) is 18.5. The number of aromatic nitrogens is 2. The fourth-order valence-corrected chi connectivity index (χ4v) is 5.57. The molecule has 31 heavy (non-hydrogen) atoms. The summed E-state index contributed by atoms with van der Waals surface area (Å²) in [7, 11) is 0. The van der Waals surface area contributed by atoms with E-state index in [1.165, 1.54) is 11.3 Å². The number of carbonyl (C=O) groups excluding carboxylic acids is 2. The highest BCUT2D eigenvalue weighted by molar-refractivity contribution is 7.20. The maximum absolute atomic E-state index is 13.2. The number of rotatable bonds is 2. The van der Waals surface area contributed by atoms with E-state index in [0.717, 1.165) is 29.8 Å². The van der Waals surface area contributed by atoms with Crippen LogP contribution < -0.4 is 5.56 Å². The van der Waals surface area contributed by atoms with Gasteiger partial charge in [-0.05, 0) is 38.0 Å². The van der Waals surface area contributed by atoms with Crippen LogP contribution in [-0.4, -0.2) is 57.3 Å². The SMILES string of the molecule is Cc1ccc(C(=O)N2CCN(C(=O)c3sc4nc5n(c(=O)c4c3C)CCC5)CC2)cc1. The summed E-state index contributed by atoms with van der Waals surface area (Å²) in [5, 5.41) is 0.576. The van der Waals surface area contributed by atoms with Gasteiger partial charge in [-0.1, -0.05) is 17.7 Å². The third kappa shape index (κ3) is 3.35. The van der Waals surface area contributed by atoms with E-state index in [4.69, 9.17) is 0 Å². The maximum atomic E-state index is 13.2. The molecule has 1 fully saturated rings. The molecular formula is C23H24N4O3S. The Balaban J connectivity index is 1.34. The summed E-state index contributed by atoms with van der Waals surface area (Å²) in [4.78, 5) is 48.3. The Morgan fingerprint density at radius 3 is 2.26 bits per heavy atom. The molecule has 2 aliphatic rings. The molecule has 4 heterocycles. The minimum Gasteiger partial charge on any atom is -0.335 e. The van der Waals surface area contributed by atoms with Crippen LogP contribution in [-0.2, 0) is 13.0 Å². The van der Waals surface area contributed by atoms with Crippen LogP contribution in [0.5, 0.6) is 0 Å². The van der Waals surface area contributed by atoms with Gasteiger partial charge in [-0.2, -0.15) is 0 Å². The van der Waals surface area contributed by atoms with Crippen molar-refractivity contribution in [2.45, 2.75) is 33.2 Å². The topological polar surface area (TPSA) is 75.5 Å². The van der Waals surface area contributed by atoms with Crippen molar-refractivity contribution < 1.29 is 9.59 Å². The van der Waals surface area contributed by atoms with Crippen molar-refractivity contribution in [3.8, 4) is 0 Å². The predicted molar refractivity (Wildman–Crippen MR) is 120 cm³/mol. The monoisotopic (exact) mass is 436 g/mol. The van der Waals surface area contributed by atoms with Crippen molar-refractivity contribution >= 4 is 33.4 Å². The normalized spacial score (nSPS) is 16.1. The largest absolute Gasteiger partial charge is 0.335 e. The van der Waals surface area contributed by atoms with Gasteiger partial charge in [0, 0.05) is 44.7 Å². The number of fused-ring (bicyclic) bond motifs is 2. The Morgan fingerprint density at radius 1 is 0.935 bits per heavy atom. The fourth-order valence-electron chi connectivity index (χ4n) is 4.41. The molecule has 0 aliphatic carbocycles. The number of hydrogen-bond acceptors (Lipinski definition) is 5. The van der Waals surface area contributed by atoms with Gasteiger partial charge < -0.3 is 9.80 Å². The van der Waals surface area contributed by atoms with E-state index < -0.39 is 0 Å². The number of piperazine rings is 1. The average Bonchev–Trinajstić information content (AvgIpc) is 3.38. The molecule has 8 heteroatoms. The zero-order valence-electron chi connectivity index (χ0n) is 17.7. The summed E-state index contributed by atoms with van der Waals surface area (Å²) >= 11 is 1.31. The molecule has 7 nitrogen and oxygen atoms in total. The Hall–Kier alpha value is -3.00. The standard InChI is InChI=1S/C23H24N4O3S/c1-14-5-7-16(8-6-14)21(28)25-10-12-26(13-11-25)23(30)19-15(2)18-20(31-19)24-17-4-3-9-27(17)22(18)29/h5-8H,3-4,9-13H2,1-2H3. The molecule has 0 N–H and O–H groups in total. The first-order chi connectivity index (χ1) is 14.9. The molecular weight excluding hydrogens is 412 g/mol. The molecule has 1 saturated heterocycles. The number of carbonyl (C=O) groups is 2. The maximum Gasteiger partial charge on any atom is 0.264 e. The van der Waals surface area contributed by atoms with Crippen molar-refractivity contribution in [1.82, 2.24) is 19.4 Å². The van der Waals surface area contributed by atoms with Gasteiger partial charge in [0.05, 0.1) is 10.3 Å². The molecule has 0 radical (unpaired) electrons. The van der Waals surface area contributed by atoms with Gasteiger partial charge in [0.15, 0.2) is 0 Å². The van der Waals surface area contributed by atoms with Crippen molar-refractivity contribution in [2.24, 2.45) is 0 Å².